The van der Waals surface area contributed by atoms with Gasteiger partial charge in [-0.25, -0.2) is 8.42 Å². The molecule has 0 bridgehead atoms. The lowest BCUT2D eigenvalue weighted by atomic mass is 10.1. The Kier molecular flexibility index (Phi) is 6.79. The van der Waals surface area contributed by atoms with Gasteiger partial charge >= 0.3 is 0 Å². The van der Waals surface area contributed by atoms with E-state index in [0.29, 0.717) is 42.1 Å². The minimum absolute atomic E-state index is 0.194. The van der Waals surface area contributed by atoms with Crippen molar-refractivity contribution in [2.45, 2.75) is 30.7 Å². The fourth-order valence-electron chi connectivity index (χ4n) is 4.27. The summed E-state index contributed by atoms with van der Waals surface area (Å²) in [6, 6.07) is 19.0. The molecule has 1 amide bonds. The van der Waals surface area contributed by atoms with Gasteiger partial charge in [0.25, 0.3) is 15.9 Å². The van der Waals surface area contributed by atoms with Crippen LogP contribution in [0.1, 0.15) is 28.4 Å². The Balaban J connectivity index is 1.45. The first-order valence-corrected chi connectivity index (χ1v) is 12.5. The number of carbonyl (C=O) groups is 1. The highest BCUT2D eigenvalue weighted by Crippen LogP contribution is 2.37. The van der Waals surface area contributed by atoms with Crippen molar-refractivity contribution in [3.63, 3.8) is 0 Å². The molecule has 0 aromatic heterocycles. The standard InChI is InChI=1S/C26H28N2O5S/c1-18-15-21-17-20(10-11-23(21)28(18)34(30,31)22-7-5-4-6-8-22)26(29)27-14-13-19-9-12-24(32-2)25(16-19)33-3/h4-12,16-18H,13-15H2,1-3H3,(H,27,29)/t18-/m0/s1. The van der Waals surface area contributed by atoms with Gasteiger partial charge in [-0.05, 0) is 73.4 Å². The molecule has 7 nitrogen and oxygen atoms in total. The number of benzene rings is 3. The van der Waals surface area contributed by atoms with E-state index in [4.69, 9.17) is 9.47 Å². The molecule has 1 aliphatic heterocycles. The number of fused-ring (bicyclic) bond motifs is 1. The highest BCUT2D eigenvalue weighted by Gasteiger charge is 2.36. The number of nitrogens with one attached hydrogen (secondary N) is 1. The summed E-state index contributed by atoms with van der Waals surface area (Å²) < 4.78 is 38.5. The second-order valence-corrected chi connectivity index (χ2v) is 10.0. The maximum absolute atomic E-state index is 13.2. The highest BCUT2D eigenvalue weighted by atomic mass is 32.2. The maximum Gasteiger partial charge on any atom is 0.264 e. The van der Waals surface area contributed by atoms with Gasteiger partial charge < -0.3 is 14.8 Å². The number of nitrogens with zero attached hydrogens (tertiary/aromatic N) is 1. The van der Waals surface area contributed by atoms with E-state index in [2.05, 4.69) is 5.32 Å². The molecule has 0 spiro atoms. The van der Waals surface area contributed by atoms with Crippen LogP contribution in [0.15, 0.2) is 71.6 Å². The minimum atomic E-state index is -3.68. The van der Waals surface area contributed by atoms with Crippen molar-refractivity contribution < 1.29 is 22.7 Å². The zero-order chi connectivity index (χ0) is 24.3. The van der Waals surface area contributed by atoms with Crippen LogP contribution in [0.3, 0.4) is 0 Å². The van der Waals surface area contributed by atoms with Gasteiger partial charge in [0.15, 0.2) is 11.5 Å². The molecular formula is C26H28N2O5S. The van der Waals surface area contributed by atoms with E-state index in [1.165, 1.54) is 4.31 Å². The Hall–Kier alpha value is -3.52. The van der Waals surface area contributed by atoms with Gasteiger partial charge in [0, 0.05) is 18.2 Å². The maximum atomic E-state index is 13.2. The molecule has 3 aromatic rings. The molecule has 1 aliphatic rings. The van der Waals surface area contributed by atoms with Crippen molar-refractivity contribution in [2.24, 2.45) is 0 Å². The molecule has 178 valence electrons. The fraction of sp³-hybridized carbons (Fsp3) is 0.269. The number of sulfonamides is 1. The smallest absolute Gasteiger partial charge is 0.264 e. The normalized spacial score (nSPS) is 15.0. The molecule has 0 unspecified atom stereocenters. The van der Waals surface area contributed by atoms with Crippen molar-refractivity contribution >= 4 is 21.6 Å². The predicted molar refractivity (Wildman–Crippen MR) is 131 cm³/mol. The first-order valence-electron chi connectivity index (χ1n) is 11.1. The number of hydrogen-bond donors (Lipinski definition) is 1. The Bertz CT molecular complexity index is 1290. The average molecular weight is 481 g/mol. The van der Waals surface area contributed by atoms with Crippen LogP contribution >= 0.6 is 0 Å². The van der Waals surface area contributed by atoms with Crippen LogP contribution < -0.4 is 19.1 Å². The molecule has 0 radical (unpaired) electrons. The topological polar surface area (TPSA) is 84.9 Å². The van der Waals surface area contributed by atoms with Crippen LogP contribution in [0.4, 0.5) is 5.69 Å². The molecule has 0 aliphatic carbocycles. The Morgan fingerprint density at radius 2 is 1.74 bits per heavy atom. The monoisotopic (exact) mass is 480 g/mol. The Morgan fingerprint density at radius 1 is 1.00 bits per heavy atom. The fourth-order valence-corrected chi connectivity index (χ4v) is 5.99. The summed E-state index contributed by atoms with van der Waals surface area (Å²) >= 11 is 0. The Morgan fingerprint density at radius 3 is 2.44 bits per heavy atom. The second-order valence-electron chi connectivity index (χ2n) is 8.21. The summed E-state index contributed by atoms with van der Waals surface area (Å²) in [7, 11) is -0.500. The molecule has 1 N–H and O–H groups in total. The van der Waals surface area contributed by atoms with Crippen molar-refractivity contribution in [3.05, 3.63) is 83.4 Å². The summed E-state index contributed by atoms with van der Waals surface area (Å²) in [6.45, 7) is 2.33. The van der Waals surface area contributed by atoms with Crippen molar-refractivity contribution in [1.29, 1.82) is 0 Å². The van der Waals surface area contributed by atoms with Crippen LogP contribution in [0.2, 0.25) is 0 Å². The molecule has 0 saturated carbocycles. The number of methoxy groups -OCH3 is 2. The molecule has 4 rings (SSSR count). The van der Waals surface area contributed by atoms with E-state index in [1.54, 1.807) is 62.8 Å². The second kappa shape index (κ2) is 9.77. The zero-order valence-corrected chi connectivity index (χ0v) is 20.3. The van der Waals surface area contributed by atoms with E-state index >= 15 is 0 Å². The van der Waals surface area contributed by atoms with Crippen LogP contribution in [-0.2, 0) is 22.9 Å². The van der Waals surface area contributed by atoms with Crippen LogP contribution in [0.5, 0.6) is 11.5 Å². The van der Waals surface area contributed by atoms with Gasteiger partial charge in [0.1, 0.15) is 0 Å². The van der Waals surface area contributed by atoms with Gasteiger partial charge in [0.2, 0.25) is 0 Å². The molecule has 0 saturated heterocycles. The summed E-state index contributed by atoms with van der Waals surface area (Å²) in [5, 5.41) is 2.94. The third-order valence-electron chi connectivity index (χ3n) is 5.94. The molecular weight excluding hydrogens is 452 g/mol. The number of carbonyl (C=O) groups excluding carboxylic acids is 1. The van der Waals surface area contributed by atoms with E-state index in [9.17, 15) is 13.2 Å². The third kappa shape index (κ3) is 4.59. The van der Waals surface area contributed by atoms with E-state index in [1.807, 2.05) is 25.1 Å². The number of amides is 1. The van der Waals surface area contributed by atoms with E-state index in [-0.39, 0.29) is 16.8 Å². The molecule has 34 heavy (non-hydrogen) atoms. The predicted octanol–water partition coefficient (Wildman–Crippen LogP) is 3.82. The summed E-state index contributed by atoms with van der Waals surface area (Å²) in [5.74, 6) is 1.11. The van der Waals surface area contributed by atoms with Crippen molar-refractivity contribution in [3.8, 4) is 11.5 Å². The van der Waals surface area contributed by atoms with Gasteiger partial charge in [0.05, 0.1) is 24.8 Å². The lowest BCUT2D eigenvalue weighted by molar-refractivity contribution is 0.0954. The number of ether oxygens (including phenoxy) is 2. The SMILES string of the molecule is COc1ccc(CCNC(=O)c2ccc3c(c2)C[C@H](C)N3S(=O)(=O)c2ccccc2)cc1OC. The molecule has 8 heteroatoms. The van der Waals surface area contributed by atoms with E-state index in [0.717, 1.165) is 11.1 Å². The minimum Gasteiger partial charge on any atom is -0.493 e. The highest BCUT2D eigenvalue weighted by molar-refractivity contribution is 7.92. The van der Waals surface area contributed by atoms with Crippen molar-refractivity contribution in [1.82, 2.24) is 5.32 Å². The van der Waals surface area contributed by atoms with Gasteiger partial charge in [-0.1, -0.05) is 24.3 Å². The molecule has 1 atom stereocenters. The van der Waals surface area contributed by atoms with Gasteiger partial charge in [-0.15, -0.1) is 0 Å². The average Bonchev–Trinajstić information content (AvgIpc) is 3.19. The van der Waals surface area contributed by atoms with Crippen LogP contribution in [-0.4, -0.2) is 41.1 Å². The summed E-state index contributed by atoms with van der Waals surface area (Å²) in [4.78, 5) is 13.0. The number of hydrogen-bond acceptors (Lipinski definition) is 5. The number of anilines is 1. The lowest BCUT2D eigenvalue weighted by Crippen LogP contribution is -2.35. The van der Waals surface area contributed by atoms with Crippen LogP contribution in [0.25, 0.3) is 0 Å². The molecule has 1 heterocycles. The van der Waals surface area contributed by atoms with Gasteiger partial charge in [-0.2, -0.15) is 0 Å². The molecule has 0 fully saturated rings. The summed E-state index contributed by atoms with van der Waals surface area (Å²) in [5.41, 5.74) is 3.00. The number of rotatable bonds is 8. The Labute approximate surface area is 200 Å². The molecule has 3 aromatic carbocycles. The zero-order valence-electron chi connectivity index (χ0n) is 19.4. The first kappa shape index (κ1) is 23.6. The quantitative estimate of drug-likeness (QED) is 0.530. The van der Waals surface area contributed by atoms with E-state index < -0.39 is 10.0 Å². The van der Waals surface area contributed by atoms with Crippen LogP contribution in [0, 0.1) is 0 Å². The largest absolute Gasteiger partial charge is 0.493 e. The summed E-state index contributed by atoms with van der Waals surface area (Å²) in [6.07, 6.45) is 1.19. The van der Waals surface area contributed by atoms with Gasteiger partial charge in [-0.3, -0.25) is 9.10 Å². The lowest BCUT2D eigenvalue weighted by Gasteiger charge is -2.24. The first-order chi connectivity index (χ1) is 16.3. The third-order valence-corrected chi connectivity index (χ3v) is 7.88. The van der Waals surface area contributed by atoms with Crippen molar-refractivity contribution in [2.75, 3.05) is 25.1 Å².